The van der Waals surface area contributed by atoms with E-state index in [4.69, 9.17) is 4.74 Å². The van der Waals surface area contributed by atoms with Gasteiger partial charge in [0, 0.05) is 10.9 Å². The molecule has 3 unspecified atom stereocenters. The van der Waals surface area contributed by atoms with E-state index < -0.39 is 12.2 Å². The van der Waals surface area contributed by atoms with Crippen LogP contribution in [0.2, 0.25) is 0 Å². The lowest BCUT2D eigenvalue weighted by atomic mass is 9.94. The highest BCUT2D eigenvalue weighted by Crippen LogP contribution is 2.36. The fourth-order valence-electron chi connectivity index (χ4n) is 3.09. The van der Waals surface area contributed by atoms with Gasteiger partial charge in [-0.2, -0.15) is 0 Å². The molecule has 3 nitrogen and oxygen atoms in total. The average molecular weight is 286 g/mol. The molecule has 112 valence electrons. The highest BCUT2D eigenvalue weighted by atomic mass is 16.5. The zero-order valence-corrected chi connectivity index (χ0v) is 12.3. The van der Waals surface area contributed by atoms with E-state index in [0.29, 0.717) is 5.75 Å². The summed E-state index contributed by atoms with van der Waals surface area (Å²) in [6, 6.07) is 11.9. The fourth-order valence-corrected chi connectivity index (χ4v) is 3.09. The summed E-state index contributed by atoms with van der Waals surface area (Å²) in [5, 5.41) is 22.2. The summed E-state index contributed by atoms with van der Waals surface area (Å²) >= 11 is 0. The standard InChI is InChI=1S/C18H22O3/c1-12(19)14-11-10-13-6-2-3-7-15(13)18(14)21-17-9-5-4-8-16(17)20/h2-3,6-7,10-12,16-17,19-20H,4-5,8-9H2,1H3. The number of fused-ring (bicyclic) bond motifs is 1. The van der Waals surface area contributed by atoms with E-state index in [9.17, 15) is 10.2 Å². The van der Waals surface area contributed by atoms with Crippen LogP contribution in [0.4, 0.5) is 0 Å². The number of aliphatic hydroxyl groups excluding tert-OH is 2. The number of rotatable bonds is 3. The Morgan fingerprint density at radius 1 is 1.10 bits per heavy atom. The Labute approximate surface area is 125 Å². The first-order valence-corrected chi connectivity index (χ1v) is 7.71. The van der Waals surface area contributed by atoms with Crippen LogP contribution in [0.3, 0.4) is 0 Å². The molecular weight excluding hydrogens is 264 g/mol. The molecule has 3 rings (SSSR count). The topological polar surface area (TPSA) is 49.7 Å². The Kier molecular flexibility index (Phi) is 4.13. The van der Waals surface area contributed by atoms with Gasteiger partial charge in [0.25, 0.3) is 0 Å². The summed E-state index contributed by atoms with van der Waals surface area (Å²) in [6.45, 7) is 1.74. The van der Waals surface area contributed by atoms with Gasteiger partial charge >= 0.3 is 0 Å². The average Bonchev–Trinajstić information content (AvgIpc) is 2.49. The number of hydrogen-bond acceptors (Lipinski definition) is 3. The maximum atomic E-state index is 10.1. The first kappa shape index (κ1) is 14.4. The minimum absolute atomic E-state index is 0.179. The van der Waals surface area contributed by atoms with Gasteiger partial charge in [0.05, 0.1) is 12.2 Å². The summed E-state index contributed by atoms with van der Waals surface area (Å²) in [5.41, 5.74) is 0.784. The van der Waals surface area contributed by atoms with Crippen molar-refractivity contribution in [2.24, 2.45) is 0 Å². The molecule has 0 aliphatic heterocycles. The van der Waals surface area contributed by atoms with Crippen molar-refractivity contribution in [2.75, 3.05) is 0 Å². The summed E-state index contributed by atoms with van der Waals surface area (Å²) in [7, 11) is 0. The largest absolute Gasteiger partial charge is 0.487 e. The molecular formula is C18H22O3. The molecule has 0 spiro atoms. The lowest BCUT2D eigenvalue weighted by Gasteiger charge is -2.30. The molecule has 3 atom stereocenters. The van der Waals surface area contributed by atoms with Crippen LogP contribution in [0.5, 0.6) is 5.75 Å². The van der Waals surface area contributed by atoms with E-state index in [1.807, 2.05) is 36.4 Å². The third-order valence-corrected chi connectivity index (χ3v) is 4.30. The molecule has 1 saturated carbocycles. The Morgan fingerprint density at radius 3 is 2.62 bits per heavy atom. The number of hydrogen-bond donors (Lipinski definition) is 2. The van der Waals surface area contributed by atoms with E-state index in [0.717, 1.165) is 42.0 Å². The Bertz CT molecular complexity index is 621. The Hall–Kier alpha value is -1.58. The molecule has 2 aromatic carbocycles. The van der Waals surface area contributed by atoms with Crippen molar-refractivity contribution in [1.82, 2.24) is 0 Å². The highest BCUT2D eigenvalue weighted by Gasteiger charge is 2.26. The van der Waals surface area contributed by atoms with Gasteiger partial charge in [0.15, 0.2) is 0 Å². The third-order valence-electron chi connectivity index (χ3n) is 4.30. The molecule has 2 N–H and O–H groups in total. The van der Waals surface area contributed by atoms with Crippen molar-refractivity contribution in [2.45, 2.75) is 50.9 Å². The van der Waals surface area contributed by atoms with Gasteiger partial charge in [-0.25, -0.2) is 0 Å². The Morgan fingerprint density at radius 2 is 1.86 bits per heavy atom. The van der Waals surface area contributed by atoms with Crippen molar-refractivity contribution in [1.29, 1.82) is 0 Å². The van der Waals surface area contributed by atoms with Crippen molar-refractivity contribution in [3.63, 3.8) is 0 Å². The molecule has 0 radical (unpaired) electrons. The van der Waals surface area contributed by atoms with Crippen LogP contribution in [-0.4, -0.2) is 22.4 Å². The summed E-state index contributed by atoms with van der Waals surface area (Å²) < 4.78 is 6.16. The van der Waals surface area contributed by atoms with E-state index >= 15 is 0 Å². The lowest BCUT2D eigenvalue weighted by molar-refractivity contribution is 0.00614. The molecule has 0 saturated heterocycles. The molecule has 0 amide bonds. The van der Waals surface area contributed by atoms with Crippen LogP contribution in [0, 0.1) is 0 Å². The highest BCUT2D eigenvalue weighted by molar-refractivity contribution is 5.89. The second kappa shape index (κ2) is 6.04. The fraction of sp³-hybridized carbons (Fsp3) is 0.444. The second-order valence-corrected chi connectivity index (χ2v) is 5.89. The monoisotopic (exact) mass is 286 g/mol. The molecule has 0 heterocycles. The van der Waals surface area contributed by atoms with Crippen LogP contribution in [-0.2, 0) is 0 Å². The molecule has 3 heteroatoms. The zero-order chi connectivity index (χ0) is 14.8. The lowest BCUT2D eigenvalue weighted by Crippen LogP contribution is -2.35. The zero-order valence-electron chi connectivity index (χ0n) is 12.3. The molecule has 2 aromatic rings. The maximum absolute atomic E-state index is 10.1. The number of benzene rings is 2. The van der Waals surface area contributed by atoms with E-state index in [-0.39, 0.29) is 6.10 Å². The minimum Gasteiger partial charge on any atom is -0.487 e. The van der Waals surface area contributed by atoms with Crippen LogP contribution < -0.4 is 4.74 Å². The van der Waals surface area contributed by atoms with Crippen molar-refractivity contribution in [3.8, 4) is 5.75 Å². The van der Waals surface area contributed by atoms with Crippen LogP contribution >= 0.6 is 0 Å². The molecule has 21 heavy (non-hydrogen) atoms. The number of aliphatic hydroxyl groups is 2. The van der Waals surface area contributed by atoms with E-state index in [2.05, 4.69) is 0 Å². The maximum Gasteiger partial charge on any atom is 0.133 e. The summed E-state index contributed by atoms with van der Waals surface area (Å²) in [4.78, 5) is 0. The molecule has 0 bridgehead atoms. The molecule has 0 aromatic heterocycles. The van der Waals surface area contributed by atoms with Crippen molar-refractivity contribution in [3.05, 3.63) is 42.0 Å². The first-order valence-electron chi connectivity index (χ1n) is 7.71. The van der Waals surface area contributed by atoms with Crippen molar-refractivity contribution < 1.29 is 14.9 Å². The summed E-state index contributed by atoms with van der Waals surface area (Å²) in [5.74, 6) is 0.717. The third kappa shape index (κ3) is 2.89. The predicted molar refractivity (Wildman–Crippen MR) is 83.5 cm³/mol. The van der Waals surface area contributed by atoms with Gasteiger partial charge in [-0.15, -0.1) is 0 Å². The van der Waals surface area contributed by atoms with Crippen LogP contribution in [0.25, 0.3) is 10.8 Å². The van der Waals surface area contributed by atoms with Gasteiger partial charge in [-0.05, 0) is 31.6 Å². The molecule has 1 fully saturated rings. The second-order valence-electron chi connectivity index (χ2n) is 5.89. The van der Waals surface area contributed by atoms with Gasteiger partial charge in [-0.3, -0.25) is 0 Å². The SMILES string of the molecule is CC(O)c1ccc2ccccc2c1OC1CCCCC1O. The smallest absolute Gasteiger partial charge is 0.133 e. The normalized spacial score (nSPS) is 24.0. The Balaban J connectivity index is 2.03. The molecule has 1 aliphatic carbocycles. The first-order chi connectivity index (χ1) is 10.2. The predicted octanol–water partition coefficient (Wildman–Crippen LogP) is 3.58. The van der Waals surface area contributed by atoms with Crippen LogP contribution in [0.1, 0.15) is 44.3 Å². The van der Waals surface area contributed by atoms with Gasteiger partial charge in [0.2, 0.25) is 0 Å². The number of ether oxygens (including phenoxy) is 1. The van der Waals surface area contributed by atoms with Crippen LogP contribution in [0.15, 0.2) is 36.4 Å². The van der Waals surface area contributed by atoms with Gasteiger partial charge in [-0.1, -0.05) is 42.8 Å². The quantitative estimate of drug-likeness (QED) is 0.906. The van der Waals surface area contributed by atoms with Gasteiger partial charge in [0.1, 0.15) is 11.9 Å². The van der Waals surface area contributed by atoms with E-state index in [1.54, 1.807) is 6.92 Å². The molecule has 1 aliphatic rings. The summed E-state index contributed by atoms with van der Waals surface area (Å²) in [6.07, 6.45) is 2.60. The minimum atomic E-state index is -0.592. The van der Waals surface area contributed by atoms with Gasteiger partial charge < -0.3 is 14.9 Å². The van der Waals surface area contributed by atoms with Crippen molar-refractivity contribution >= 4 is 10.8 Å². The van der Waals surface area contributed by atoms with E-state index in [1.165, 1.54) is 0 Å².